The average molecular weight is 631 g/mol. The lowest BCUT2D eigenvalue weighted by Gasteiger charge is -2.23. The molecule has 1 aliphatic heterocycles. The van der Waals surface area contributed by atoms with Crippen molar-refractivity contribution in [2.75, 3.05) is 5.01 Å². The number of anilines is 1. The fourth-order valence-electron chi connectivity index (χ4n) is 6.14. The van der Waals surface area contributed by atoms with Crippen LogP contribution in [0.4, 0.5) is 5.95 Å². The van der Waals surface area contributed by atoms with E-state index in [1.54, 1.807) is 0 Å². The highest BCUT2D eigenvalue weighted by Crippen LogP contribution is 2.41. The van der Waals surface area contributed by atoms with Crippen molar-refractivity contribution in [3.63, 3.8) is 0 Å². The molecule has 1 atom stereocenters. The summed E-state index contributed by atoms with van der Waals surface area (Å²) in [4.78, 5) is 10.3. The zero-order valence-corrected chi connectivity index (χ0v) is 26.8. The summed E-state index contributed by atoms with van der Waals surface area (Å²) < 4.78 is 1.96. The first-order chi connectivity index (χ1) is 23.0. The van der Waals surface area contributed by atoms with E-state index < -0.39 is 0 Å². The number of para-hydroxylation sites is 1. The second-order valence-electron chi connectivity index (χ2n) is 12.0. The first-order valence-corrected chi connectivity index (χ1v) is 16.1. The van der Waals surface area contributed by atoms with Crippen LogP contribution in [0.5, 0.6) is 0 Å². The van der Waals surface area contributed by atoms with E-state index in [1.165, 1.54) is 11.1 Å². The Bertz CT molecular complexity index is 2240. The van der Waals surface area contributed by atoms with E-state index in [9.17, 15) is 0 Å². The normalized spacial score (nSPS) is 14.5. The number of halogens is 1. The Balaban J connectivity index is 1.34. The van der Waals surface area contributed by atoms with E-state index >= 15 is 0 Å². The molecule has 0 radical (unpaired) electrons. The summed E-state index contributed by atoms with van der Waals surface area (Å²) in [6.07, 6.45) is 2.79. The minimum absolute atomic E-state index is 0.214. The second-order valence-corrected chi connectivity index (χ2v) is 12.4. The van der Waals surface area contributed by atoms with Gasteiger partial charge in [0.2, 0.25) is 5.95 Å². The molecule has 6 nitrogen and oxygen atoms in total. The summed E-state index contributed by atoms with van der Waals surface area (Å²) in [6.45, 7) is 4.20. The predicted octanol–water partition coefficient (Wildman–Crippen LogP) is 9.78. The number of rotatable bonds is 6. The van der Waals surface area contributed by atoms with Crippen LogP contribution in [0.3, 0.4) is 0 Å². The molecule has 47 heavy (non-hydrogen) atoms. The van der Waals surface area contributed by atoms with E-state index in [0.29, 0.717) is 17.4 Å². The number of aromatic nitrogens is 4. The van der Waals surface area contributed by atoms with Crippen molar-refractivity contribution in [3.8, 4) is 28.2 Å². The predicted molar refractivity (Wildman–Crippen MR) is 191 cm³/mol. The van der Waals surface area contributed by atoms with Crippen LogP contribution in [0.15, 0.2) is 139 Å². The van der Waals surface area contributed by atoms with Gasteiger partial charge in [-0.25, -0.2) is 19.7 Å². The molecule has 1 aliphatic rings. The number of aryl methyl sites for hydroxylation is 2. The first-order valence-electron chi connectivity index (χ1n) is 15.7. The molecule has 8 rings (SSSR count). The van der Waals surface area contributed by atoms with Crippen LogP contribution in [0, 0.1) is 13.8 Å². The molecule has 0 unspecified atom stereocenters. The molecule has 0 saturated carbocycles. The third-order valence-electron chi connectivity index (χ3n) is 8.64. The smallest absolute Gasteiger partial charge is 0.240 e. The van der Waals surface area contributed by atoms with Gasteiger partial charge < -0.3 is 0 Å². The van der Waals surface area contributed by atoms with Crippen LogP contribution in [-0.4, -0.2) is 25.5 Å². The molecule has 3 heterocycles. The fourth-order valence-corrected chi connectivity index (χ4v) is 6.32. The van der Waals surface area contributed by atoms with Crippen molar-refractivity contribution in [2.45, 2.75) is 26.3 Å². The van der Waals surface area contributed by atoms with Gasteiger partial charge in [0.05, 0.1) is 34.3 Å². The SMILES string of the molecule is Cc1ccc(C2=NN(c3nc(-c4ccccc4)c4cc(Cl)ccc4n3)[C@@H](c3cn(-c4ccccc4)nc3-c3ccc(C)cc3)C2)cc1. The molecular weight excluding hydrogens is 600 g/mol. The topological polar surface area (TPSA) is 59.2 Å². The van der Waals surface area contributed by atoms with Crippen LogP contribution in [-0.2, 0) is 0 Å². The lowest BCUT2D eigenvalue weighted by Crippen LogP contribution is -2.21. The highest BCUT2D eigenvalue weighted by molar-refractivity contribution is 6.31. The second kappa shape index (κ2) is 12.0. The highest BCUT2D eigenvalue weighted by atomic mass is 35.5. The summed E-state index contributed by atoms with van der Waals surface area (Å²) in [5.74, 6) is 0.521. The zero-order chi connectivity index (χ0) is 31.9. The maximum atomic E-state index is 6.49. The molecule has 0 saturated heterocycles. The van der Waals surface area contributed by atoms with Gasteiger partial charge in [0.15, 0.2) is 0 Å². The van der Waals surface area contributed by atoms with E-state index in [4.69, 9.17) is 31.8 Å². The van der Waals surface area contributed by atoms with Gasteiger partial charge in [-0.2, -0.15) is 10.2 Å². The minimum Gasteiger partial charge on any atom is -0.240 e. The molecule has 0 amide bonds. The van der Waals surface area contributed by atoms with Crippen molar-refractivity contribution in [2.24, 2.45) is 5.10 Å². The first kappa shape index (κ1) is 28.9. The van der Waals surface area contributed by atoms with Crippen molar-refractivity contribution in [1.82, 2.24) is 19.7 Å². The molecular formula is C40H31ClN6. The third kappa shape index (κ3) is 5.58. The summed E-state index contributed by atoms with van der Waals surface area (Å²) in [5, 5.41) is 14.0. The molecule has 0 N–H and O–H groups in total. The Kier molecular flexibility index (Phi) is 7.35. The Morgan fingerprint density at radius 1 is 0.660 bits per heavy atom. The minimum atomic E-state index is -0.214. The Labute approximate surface area is 278 Å². The molecule has 0 spiro atoms. The van der Waals surface area contributed by atoms with Gasteiger partial charge in [-0.15, -0.1) is 0 Å². The van der Waals surface area contributed by atoms with E-state index in [1.807, 2.05) is 64.3 Å². The molecule has 5 aromatic carbocycles. The number of fused-ring (bicyclic) bond motifs is 1. The van der Waals surface area contributed by atoms with E-state index in [-0.39, 0.29) is 6.04 Å². The quantitative estimate of drug-likeness (QED) is 0.183. The van der Waals surface area contributed by atoms with Gasteiger partial charge in [0, 0.05) is 39.7 Å². The number of benzene rings is 5. The highest BCUT2D eigenvalue weighted by Gasteiger charge is 2.35. The monoisotopic (exact) mass is 630 g/mol. The Hall–Kier alpha value is -5.59. The molecule has 7 heteroatoms. The number of hydrogen-bond donors (Lipinski definition) is 0. The Morgan fingerprint density at radius 2 is 1.30 bits per heavy atom. The number of hydrogen-bond acceptors (Lipinski definition) is 5. The summed E-state index contributed by atoms with van der Waals surface area (Å²) in [6, 6.07) is 43.0. The molecule has 0 fully saturated rings. The average Bonchev–Trinajstić information content (AvgIpc) is 3.75. The van der Waals surface area contributed by atoms with Crippen molar-refractivity contribution >= 4 is 34.2 Å². The third-order valence-corrected chi connectivity index (χ3v) is 8.88. The largest absolute Gasteiger partial charge is 0.247 e. The summed E-state index contributed by atoms with van der Waals surface area (Å²) >= 11 is 6.49. The van der Waals surface area contributed by atoms with Crippen LogP contribution >= 0.6 is 11.6 Å². The standard InChI is InChI=1S/C40H31ClN6/c1-26-13-17-28(18-14-26)36-24-37(34-25-46(32-11-7-4-8-12-32)45-39(34)30-19-15-27(2)16-20-30)47(44-36)40-42-35-22-21-31(41)23-33(35)38(43-40)29-9-5-3-6-10-29/h3-23,25,37H,24H2,1-2H3/t37-/m1/s1. The number of nitrogens with zero attached hydrogens (tertiary/aromatic N) is 6. The van der Waals surface area contributed by atoms with Crippen LogP contribution < -0.4 is 5.01 Å². The maximum Gasteiger partial charge on any atom is 0.247 e. The van der Waals surface area contributed by atoms with Gasteiger partial charge in [-0.05, 0) is 49.7 Å². The molecule has 0 aliphatic carbocycles. The Morgan fingerprint density at radius 3 is 2.00 bits per heavy atom. The molecule has 228 valence electrons. The van der Waals surface area contributed by atoms with Crippen molar-refractivity contribution in [3.05, 3.63) is 161 Å². The van der Waals surface area contributed by atoms with Crippen LogP contribution in [0.2, 0.25) is 5.02 Å². The lowest BCUT2D eigenvalue weighted by atomic mass is 9.96. The van der Waals surface area contributed by atoms with Crippen LogP contribution in [0.25, 0.3) is 39.1 Å². The van der Waals surface area contributed by atoms with Crippen LogP contribution in [0.1, 0.15) is 34.7 Å². The van der Waals surface area contributed by atoms with Crippen molar-refractivity contribution in [1.29, 1.82) is 0 Å². The van der Waals surface area contributed by atoms with Gasteiger partial charge in [0.25, 0.3) is 0 Å². The maximum absolute atomic E-state index is 6.49. The fraction of sp³-hybridized carbons (Fsp3) is 0.100. The van der Waals surface area contributed by atoms with E-state index in [0.717, 1.165) is 55.9 Å². The molecule has 7 aromatic rings. The molecule has 2 aromatic heterocycles. The van der Waals surface area contributed by atoms with Gasteiger partial charge >= 0.3 is 0 Å². The zero-order valence-electron chi connectivity index (χ0n) is 26.0. The molecule has 0 bridgehead atoms. The lowest BCUT2D eigenvalue weighted by molar-refractivity contribution is 0.690. The van der Waals surface area contributed by atoms with Gasteiger partial charge in [0.1, 0.15) is 0 Å². The van der Waals surface area contributed by atoms with E-state index in [2.05, 4.69) is 92.8 Å². The van der Waals surface area contributed by atoms with Crippen molar-refractivity contribution < 1.29 is 0 Å². The van der Waals surface area contributed by atoms with Gasteiger partial charge in [-0.1, -0.05) is 120 Å². The van der Waals surface area contributed by atoms with Gasteiger partial charge in [-0.3, -0.25) is 0 Å². The summed E-state index contributed by atoms with van der Waals surface area (Å²) in [5.41, 5.74) is 11.0. The summed E-state index contributed by atoms with van der Waals surface area (Å²) in [7, 11) is 0. The number of hydrazone groups is 1.